The molecule has 15 rings (SSSR count). The molecule has 1 aliphatic rings. The second-order valence-electron chi connectivity index (χ2n) is 29.1. The highest BCUT2D eigenvalue weighted by Gasteiger charge is 2.40. The van der Waals surface area contributed by atoms with Crippen molar-refractivity contribution in [3.63, 3.8) is 0 Å². The summed E-state index contributed by atoms with van der Waals surface area (Å²) in [6, 6.07) is 50.1. The molecule has 1 N–H and O–H groups in total. The molecule has 0 saturated carbocycles. The van der Waals surface area contributed by atoms with E-state index in [9.17, 15) is 4.79 Å². The Balaban J connectivity index is 0.000000191. The molecule has 7 aromatic carbocycles. The highest BCUT2D eigenvalue weighted by molar-refractivity contribution is 6.71. The molecule has 0 spiro atoms. The Bertz CT molecular complexity index is 6660. The molecule has 1 aliphatic heterocycles. The number of fused-ring (bicyclic) bond motifs is 1. The Kier molecular flexibility index (Phi) is 46.9. The van der Waals surface area contributed by atoms with Crippen molar-refractivity contribution in [2.45, 2.75) is 85.4 Å². The SMILES string of the molecule is C=C(/C=C\COCCCC)/C=C/c1nnc(C(Cl)(Cl)Cl)o1.COc1ccc(-c2nnc(C(Cl)(Cl)Cl)o2)cc1.Cc1cc(C)cc(-c2nc(C(Cl)(Cl)Cl)nc(C(Cl)(Cl)Cl)n2)c1.Cc1cc(C)cc(-c2nnc(C(Cl)(Cl)Cl)o2)c1.ClC(Cl)(Cl)c1nc(-c2ccc(/C=C/c3ccccc3)cc2)nc(C(Cl)(Cl)Cl)n1.ClC(Cl)(Cl)c1nc(-c2ccc3c(c2)OCO3)nc(C(Cl)(Cl)Cl)n1.O=C(Nc1ccccc1)c1nnc(C(Cl)(Cl)Cl)o1. The molecule has 1 amide bonds. The van der Waals surface area contributed by atoms with Crippen molar-refractivity contribution >= 4 is 378 Å². The van der Waals surface area contributed by atoms with E-state index in [1.165, 1.54) is 0 Å². The Morgan fingerprint density at radius 1 is 0.370 bits per heavy atom. The Morgan fingerprint density at radius 3 is 1.16 bits per heavy atom. The summed E-state index contributed by atoms with van der Waals surface area (Å²) in [7, 11) is 1.59. The lowest BCUT2D eigenvalue weighted by atomic mass is 10.1. The van der Waals surface area contributed by atoms with Gasteiger partial charge >= 0.3 is 11.8 Å². The van der Waals surface area contributed by atoms with Crippen molar-refractivity contribution in [2.24, 2.45) is 0 Å². The number of rotatable bonds is 18. The van der Waals surface area contributed by atoms with Crippen LogP contribution in [-0.2, 0) is 42.7 Å². The molecule has 8 heterocycles. The largest absolute Gasteiger partial charge is 0.497 e. The second-order valence-corrected chi connectivity index (χ2v) is 51.9. The number of nitrogens with one attached hydrogen (secondary N) is 1. The number of unbranched alkanes of at least 4 members (excludes halogenated alkanes) is 1. The number of hydrogen-bond acceptors (Lipinski definition) is 26. The summed E-state index contributed by atoms with van der Waals surface area (Å²) in [4.78, 5) is 48.5. The zero-order valence-corrected chi connectivity index (χ0v) is 97.1. The number of alkyl halides is 30. The first-order valence-electron chi connectivity index (χ1n) is 40.4. The van der Waals surface area contributed by atoms with Crippen LogP contribution in [-0.4, -0.2) is 119 Å². The van der Waals surface area contributed by atoms with Gasteiger partial charge in [-0.25, -0.2) is 44.9 Å². The van der Waals surface area contributed by atoms with Gasteiger partial charge in [0.25, 0.3) is 38.7 Å². The van der Waals surface area contributed by atoms with Crippen LogP contribution in [0, 0.1) is 27.7 Å². The first-order valence-corrected chi connectivity index (χ1v) is 51.7. The number of carbonyl (C=O) groups is 1. The number of para-hydroxylation sites is 1. The number of hydrogen-bond donors (Lipinski definition) is 1. The number of carbonyl (C=O) groups excluding carboxylic acids is 1. The number of nitrogens with zero attached hydrogens (tertiary/aromatic N) is 17. The summed E-state index contributed by atoms with van der Waals surface area (Å²) in [6.07, 6.45) is 13.2. The van der Waals surface area contributed by atoms with Gasteiger partial charge in [0.15, 0.2) is 63.9 Å². The fraction of sp³-hybridized carbons (Fsp3) is 0.236. The number of aromatic nitrogens is 17. The zero-order chi connectivity index (χ0) is 108. The van der Waals surface area contributed by atoms with Crippen LogP contribution in [0.5, 0.6) is 17.2 Å². The van der Waals surface area contributed by atoms with Gasteiger partial charge in [-0.1, -0.05) is 506 Å². The fourth-order valence-corrected chi connectivity index (χ4v) is 13.5. The molecule has 27 nitrogen and oxygen atoms in total. The number of allylic oxidation sites excluding steroid dienone is 3. The average molecular weight is 2590 g/mol. The summed E-state index contributed by atoms with van der Waals surface area (Å²) >= 11 is 173. The van der Waals surface area contributed by atoms with E-state index in [-0.39, 0.29) is 100 Å². The van der Waals surface area contributed by atoms with Crippen LogP contribution >= 0.6 is 348 Å². The molecule has 146 heavy (non-hydrogen) atoms. The van der Waals surface area contributed by atoms with Crippen LogP contribution in [0.1, 0.15) is 128 Å². The maximum atomic E-state index is 11.7. The van der Waals surface area contributed by atoms with Crippen LogP contribution in [0.25, 0.3) is 75.3 Å². The van der Waals surface area contributed by atoms with Crippen molar-refractivity contribution in [3.05, 3.63) is 298 Å². The number of ether oxygens (including phenoxy) is 4. The monoisotopic (exact) mass is 2580 g/mol. The fourth-order valence-electron chi connectivity index (χ4n) is 11.0. The van der Waals surface area contributed by atoms with Gasteiger partial charge in [-0.05, 0) is 130 Å². The van der Waals surface area contributed by atoms with Crippen molar-refractivity contribution in [1.29, 1.82) is 0 Å². The van der Waals surface area contributed by atoms with Gasteiger partial charge in [-0.2, -0.15) is 0 Å². The first kappa shape index (κ1) is 124. The standard InChI is InChI=1S/C19H11Cl6N3.C14H17Cl3N2O2.C13H9Cl6N3.C12H5Cl6N3O2.C11H9Cl3N2O.C10H6Cl3N3O2.C10H7Cl3N2O2/c20-18(21,22)16-26-15(27-17(28-16)19(23,24)25)14-10-8-13(9-11-14)7-6-12-4-2-1-3-5-12;1-3-4-9-20-10-5-6-11(2)7-8-12-18-19-13(21-12)14(15,16)17;1-6-3-7(2)5-8(4-6)9-20-10(12(14,15)16)22-11(21-9)13(17,18)19;13-11(14,15)9-19-8(20-10(21-9)12(16,17)18)5-1-2-6-7(3-5)23-4-22-6;1-6-3-7(2)5-8(4-6)9-15-16-10(17-9)11(12,13)14;11-10(12,13)9-16-15-8(18-9)7(17)14-6-4-2-1-3-5-6;1-16-7-4-2-6(3-5-7)8-14-15-9(17-8)10(11,12)13/h1-11H;5-8H,2-4,9-10H2,1H3;3-5H,1-2H3;1-3H,4H2;3-5H,1-2H3;1-5H,(H,14,17);2-5H,1H3/b7-6+;6-5-,8-7+;;;;;. The number of methoxy groups -OCH3 is 1. The molecule has 0 unspecified atom stereocenters. The second kappa shape index (κ2) is 55.1. The maximum absolute atomic E-state index is 11.7. The average Bonchev–Trinajstić information content (AvgIpc) is 1.30. The molecule has 0 bridgehead atoms. The first-order chi connectivity index (χ1) is 68.0. The lowest BCUT2D eigenvalue weighted by molar-refractivity contribution is 0.0988. The number of aryl methyl sites for hydroxylation is 4. The van der Waals surface area contributed by atoms with Crippen LogP contribution in [0.4, 0.5) is 5.69 Å². The van der Waals surface area contributed by atoms with Crippen LogP contribution in [0.15, 0.2) is 212 Å². The summed E-state index contributed by atoms with van der Waals surface area (Å²) in [5.74, 6) is 1.34. The molecule has 0 aliphatic carbocycles. The molecule has 0 fully saturated rings. The molecular weight excluding hydrogens is 2530 g/mol. The predicted octanol–water partition coefficient (Wildman–Crippen LogP) is 33.8. The normalized spacial score (nSPS) is 12.4. The quantitative estimate of drug-likeness (QED) is 0.0361. The predicted molar refractivity (Wildman–Crippen MR) is 591 cm³/mol. The lowest BCUT2D eigenvalue weighted by Crippen LogP contribution is -2.16. The van der Waals surface area contributed by atoms with E-state index in [0.29, 0.717) is 46.4 Å². The molecule has 774 valence electrons. The Morgan fingerprint density at radius 2 is 0.747 bits per heavy atom. The smallest absolute Gasteiger partial charge is 0.313 e. The number of benzene rings is 7. The van der Waals surface area contributed by atoms with Crippen molar-refractivity contribution in [1.82, 2.24) is 85.6 Å². The molecule has 0 radical (unpaired) electrons. The number of halogens is 30. The number of anilines is 1. The Hall–Kier alpha value is -5.38. The van der Waals surface area contributed by atoms with Crippen molar-refractivity contribution < 1.29 is 41.4 Å². The van der Waals surface area contributed by atoms with Gasteiger partial charge < -0.3 is 41.9 Å². The van der Waals surface area contributed by atoms with Gasteiger partial charge in [0.1, 0.15) is 5.75 Å². The topological polar surface area (TPSA) is 338 Å². The van der Waals surface area contributed by atoms with E-state index in [1.54, 1.807) is 86.0 Å². The van der Waals surface area contributed by atoms with E-state index >= 15 is 0 Å². The van der Waals surface area contributed by atoms with E-state index in [2.05, 4.69) is 111 Å². The minimum Gasteiger partial charge on any atom is -0.497 e. The highest BCUT2D eigenvalue weighted by atomic mass is 35.6. The molecule has 0 saturated heterocycles. The summed E-state index contributed by atoms with van der Waals surface area (Å²) in [6.45, 7) is 15.3. The molecule has 7 aromatic heterocycles. The van der Waals surface area contributed by atoms with E-state index in [1.807, 2.05) is 143 Å². The maximum Gasteiger partial charge on any atom is 0.313 e. The van der Waals surface area contributed by atoms with E-state index in [4.69, 9.17) is 385 Å². The third-order valence-electron chi connectivity index (χ3n) is 17.3. The molecule has 57 heteroatoms. The third-order valence-corrected chi connectivity index (χ3v) is 22.3. The van der Waals surface area contributed by atoms with Crippen LogP contribution < -0.4 is 19.5 Å². The van der Waals surface area contributed by atoms with E-state index < -0.39 is 43.8 Å². The summed E-state index contributed by atoms with van der Waals surface area (Å²) in [5, 5.41) is 31.9. The summed E-state index contributed by atoms with van der Waals surface area (Å²) in [5.41, 5.74) is 11.2. The van der Waals surface area contributed by atoms with Gasteiger partial charge in [-0.15, -0.1) is 40.8 Å². The molecule has 0 atom stereocenters. The van der Waals surface area contributed by atoms with Gasteiger partial charge in [0.05, 0.1) is 13.7 Å². The Labute approximate surface area is 983 Å². The van der Waals surface area contributed by atoms with Crippen molar-refractivity contribution in [2.75, 3.05) is 32.4 Å². The van der Waals surface area contributed by atoms with Crippen LogP contribution in [0.2, 0.25) is 0 Å². The van der Waals surface area contributed by atoms with Gasteiger partial charge in [0.2, 0.25) is 47.2 Å². The molecular formula is C89H64Cl30N18O9. The van der Waals surface area contributed by atoms with Gasteiger partial charge in [0, 0.05) is 46.2 Å². The minimum atomic E-state index is -1.90. The van der Waals surface area contributed by atoms with E-state index in [0.717, 1.165) is 75.3 Å². The minimum absolute atomic E-state index is 0.0309. The molecule has 14 aromatic rings. The summed E-state index contributed by atoms with van der Waals surface area (Å²) < 4.78 is 23.4. The third kappa shape index (κ3) is 40.8. The highest BCUT2D eigenvalue weighted by Crippen LogP contribution is 2.48. The van der Waals surface area contributed by atoms with Crippen molar-refractivity contribution in [3.8, 4) is 74.3 Å². The number of amides is 1. The zero-order valence-electron chi connectivity index (χ0n) is 74.4. The lowest BCUT2D eigenvalue weighted by Gasteiger charge is -2.16. The van der Waals surface area contributed by atoms with Gasteiger partial charge in [-0.3, -0.25) is 4.79 Å². The van der Waals surface area contributed by atoms with Crippen LogP contribution in [0.3, 0.4) is 0 Å².